The van der Waals surface area contributed by atoms with E-state index in [0.29, 0.717) is 17.3 Å². The van der Waals surface area contributed by atoms with Crippen LogP contribution in [-0.2, 0) is 17.1 Å². The van der Waals surface area contributed by atoms with Gasteiger partial charge in [0.25, 0.3) is 15.6 Å². The lowest BCUT2D eigenvalue weighted by Gasteiger charge is -2.09. The van der Waals surface area contributed by atoms with Crippen molar-refractivity contribution in [2.24, 2.45) is 7.05 Å². The predicted octanol–water partition coefficient (Wildman–Crippen LogP) is 3.41. The number of para-hydroxylation sites is 1. The van der Waals surface area contributed by atoms with Gasteiger partial charge in [-0.1, -0.05) is 44.2 Å². The number of nitrogens with zero attached hydrogens (tertiary/aromatic N) is 2. The Morgan fingerprint density at radius 2 is 1.56 bits per heavy atom. The van der Waals surface area contributed by atoms with Crippen molar-refractivity contribution in [1.82, 2.24) is 9.36 Å². The molecule has 0 amide bonds. The number of benzene rings is 2. The average molecular weight is 385 g/mol. The molecule has 0 aliphatic rings. The number of rotatable bonds is 5. The SMILES string of the molecule is Cc1c(NS(=O)(=O)c2ccc(C(C)C)cc2)c(=O)n(-c2ccccc2)n1C. The summed E-state index contributed by atoms with van der Waals surface area (Å²) in [6.45, 7) is 5.79. The molecule has 3 rings (SSSR count). The second-order valence-corrected chi connectivity index (χ2v) is 8.45. The molecule has 0 aliphatic carbocycles. The van der Waals surface area contributed by atoms with E-state index < -0.39 is 15.6 Å². The van der Waals surface area contributed by atoms with E-state index in [1.54, 1.807) is 55.1 Å². The van der Waals surface area contributed by atoms with Crippen molar-refractivity contribution in [3.63, 3.8) is 0 Å². The second kappa shape index (κ2) is 7.08. The lowest BCUT2D eigenvalue weighted by atomic mass is 10.0. The molecule has 1 heterocycles. The predicted molar refractivity (Wildman–Crippen MR) is 107 cm³/mol. The van der Waals surface area contributed by atoms with Crippen LogP contribution in [0.1, 0.15) is 31.0 Å². The molecule has 0 radical (unpaired) electrons. The fourth-order valence-corrected chi connectivity index (χ4v) is 4.03. The van der Waals surface area contributed by atoms with Crippen molar-refractivity contribution in [1.29, 1.82) is 0 Å². The van der Waals surface area contributed by atoms with E-state index in [1.807, 2.05) is 32.0 Å². The van der Waals surface area contributed by atoms with E-state index in [0.717, 1.165) is 5.56 Å². The topological polar surface area (TPSA) is 73.1 Å². The summed E-state index contributed by atoms with van der Waals surface area (Å²) < 4.78 is 31.1. The second-order valence-electron chi connectivity index (χ2n) is 6.77. The summed E-state index contributed by atoms with van der Waals surface area (Å²) in [5.41, 5.74) is 1.89. The third kappa shape index (κ3) is 3.55. The highest BCUT2D eigenvalue weighted by Gasteiger charge is 2.22. The molecule has 0 spiro atoms. The van der Waals surface area contributed by atoms with Gasteiger partial charge in [0.1, 0.15) is 5.69 Å². The first-order chi connectivity index (χ1) is 12.7. The molecule has 1 aromatic heterocycles. The summed E-state index contributed by atoms with van der Waals surface area (Å²) >= 11 is 0. The summed E-state index contributed by atoms with van der Waals surface area (Å²) in [5, 5.41) is 0. The van der Waals surface area contributed by atoms with Gasteiger partial charge in [-0.25, -0.2) is 13.1 Å². The van der Waals surface area contributed by atoms with Crippen LogP contribution in [0.4, 0.5) is 5.69 Å². The highest BCUT2D eigenvalue weighted by molar-refractivity contribution is 7.92. The molecule has 0 bridgehead atoms. The van der Waals surface area contributed by atoms with Crippen LogP contribution in [0.15, 0.2) is 64.3 Å². The van der Waals surface area contributed by atoms with Crippen molar-refractivity contribution in [2.45, 2.75) is 31.6 Å². The molecule has 0 fully saturated rings. The highest BCUT2D eigenvalue weighted by Crippen LogP contribution is 2.21. The van der Waals surface area contributed by atoms with E-state index in [9.17, 15) is 13.2 Å². The molecule has 0 aliphatic heterocycles. The number of hydrogen-bond acceptors (Lipinski definition) is 3. The largest absolute Gasteiger partial charge is 0.296 e. The fourth-order valence-electron chi connectivity index (χ4n) is 2.91. The Morgan fingerprint density at radius 3 is 2.11 bits per heavy atom. The van der Waals surface area contributed by atoms with Gasteiger partial charge < -0.3 is 0 Å². The van der Waals surface area contributed by atoms with Crippen LogP contribution in [0, 0.1) is 6.92 Å². The first-order valence-electron chi connectivity index (χ1n) is 8.69. The lowest BCUT2D eigenvalue weighted by molar-refractivity contribution is 0.601. The van der Waals surface area contributed by atoms with Crippen LogP contribution in [-0.4, -0.2) is 17.8 Å². The maximum absolute atomic E-state index is 12.9. The van der Waals surface area contributed by atoms with Crippen LogP contribution in [0.2, 0.25) is 0 Å². The molecule has 0 saturated heterocycles. The standard InChI is InChI=1S/C20H23N3O3S/c1-14(2)16-10-12-18(13-11-16)27(25,26)21-19-15(3)22(4)23(20(19)24)17-8-6-5-7-9-17/h5-14,21H,1-4H3. The maximum Gasteiger partial charge on any atom is 0.296 e. The summed E-state index contributed by atoms with van der Waals surface area (Å²) in [7, 11) is -2.14. The minimum atomic E-state index is -3.86. The minimum absolute atomic E-state index is 0.0503. The van der Waals surface area contributed by atoms with Gasteiger partial charge in [0.2, 0.25) is 0 Å². The van der Waals surface area contributed by atoms with Gasteiger partial charge in [-0.3, -0.25) is 14.2 Å². The fraction of sp³-hybridized carbons (Fsp3) is 0.250. The molecule has 0 atom stereocenters. The van der Waals surface area contributed by atoms with Gasteiger partial charge in [-0.15, -0.1) is 0 Å². The molecule has 0 saturated carbocycles. The number of aromatic nitrogens is 2. The molecular weight excluding hydrogens is 362 g/mol. The molecule has 2 aromatic carbocycles. The quantitative estimate of drug-likeness (QED) is 0.731. The summed E-state index contributed by atoms with van der Waals surface area (Å²) in [4.78, 5) is 13.0. The Hall–Kier alpha value is -2.80. The zero-order valence-corrected chi connectivity index (χ0v) is 16.6. The number of hydrogen-bond donors (Lipinski definition) is 1. The van der Waals surface area contributed by atoms with Crippen LogP contribution < -0.4 is 10.3 Å². The van der Waals surface area contributed by atoms with Crippen LogP contribution in [0.3, 0.4) is 0 Å². The Bertz CT molecular complexity index is 1110. The maximum atomic E-state index is 12.9. The highest BCUT2D eigenvalue weighted by atomic mass is 32.2. The zero-order valence-electron chi connectivity index (χ0n) is 15.8. The van der Waals surface area contributed by atoms with Crippen LogP contribution in [0.25, 0.3) is 5.69 Å². The minimum Gasteiger partial charge on any atom is -0.283 e. The third-order valence-electron chi connectivity index (χ3n) is 4.65. The van der Waals surface area contributed by atoms with E-state index in [2.05, 4.69) is 4.72 Å². The zero-order chi connectivity index (χ0) is 19.8. The Labute approximate surface area is 159 Å². The van der Waals surface area contributed by atoms with Crippen molar-refractivity contribution in [3.05, 3.63) is 76.2 Å². The normalized spacial score (nSPS) is 11.7. The summed E-state index contributed by atoms with van der Waals surface area (Å²) in [5.74, 6) is 0.309. The Balaban J connectivity index is 2.02. The first kappa shape index (κ1) is 19.0. The van der Waals surface area contributed by atoms with Gasteiger partial charge in [0.15, 0.2) is 0 Å². The van der Waals surface area contributed by atoms with Crippen molar-refractivity contribution in [3.8, 4) is 5.69 Å². The molecule has 6 nitrogen and oxygen atoms in total. The molecule has 27 heavy (non-hydrogen) atoms. The first-order valence-corrected chi connectivity index (χ1v) is 10.2. The molecule has 0 unspecified atom stereocenters. The van der Waals surface area contributed by atoms with Crippen molar-refractivity contribution < 1.29 is 8.42 Å². The van der Waals surface area contributed by atoms with Gasteiger partial charge in [-0.05, 0) is 42.7 Å². The monoisotopic (exact) mass is 385 g/mol. The number of nitrogens with one attached hydrogen (secondary N) is 1. The molecule has 1 N–H and O–H groups in total. The molecule has 3 aromatic rings. The van der Waals surface area contributed by atoms with Gasteiger partial charge in [0, 0.05) is 7.05 Å². The van der Waals surface area contributed by atoms with Crippen LogP contribution >= 0.6 is 0 Å². The summed E-state index contributed by atoms with van der Waals surface area (Å²) in [6.07, 6.45) is 0. The summed E-state index contributed by atoms with van der Waals surface area (Å²) in [6, 6.07) is 15.8. The van der Waals surface area contributed by atoms with Gasteiger partial charge >= 0.3 is 0 Å². The number of anilines is 1. The third-order valence-corrected chi connectivity index (χ3v) is 6.01. The Morgan fingerprint density at radius 1 is 0.963 bits per heavy atom. The van der Waals surface area contributed by atoms with Gasteiger partial charge in [-0.2, -0.15) is 0 Å². The Kier molecular flexibility index (Phi) is 4.97. The van der Waals surface area contributed by atoms with Crippen LogP contribution in [0.5, 0.6) is 0 Å². The van der Waals surface area contributed by atoms with Crippen molar-refractivity contribution >= 4 is 15.7 Å². The smallest absolute Gasteiger partial charge is 0.283 e. The molecular formula is C20H23N3O3S. The van der Waals surface area contributed by atoms with E-state index >= 15 is 0 Å². The van der Waals surface area contributed by atoms with E-state index in [4.69, 9.17) is 0 Å². The van der Waals surface area contributed by atoms with E-state index in [-0.39, 0.29) is 10.6 Å². The number of sulfonamides is 1. The molecule has 7 heteroatoms. The van der Waals surface area contributed by atoms with E-state index in [1.165, 1.54) is 4.68 Å². The van der Waals surface area contributed by atoms with Gasteiger partial charge in [0.05, 0.1) is 16.3 Å². The molecule has 142 valence electrons. The lowest BCUT2D eigenvalue weighted by Crippen LogP contribution is -2.23. The average Bonchev–Trinajstić information content (AvgIpc) is 2.85. The van der Waals surface area contributed by atoms with Crippen molar-refractivity contribution in [2.75, 3.05) is 4.72 Å².